The van der Waals surface area contributed by atoms with Gasteiger partial charge in [-0.2, -0.15) is 0 Å². The number of carbonyl (C=O) groups excluding carboxylic acids is 1. The molecule has 110 valence electrons. The number of aryl methyl sites for hydroxylation is 4. The van der Waals surface area contributed by atoms with Crippen LogP contribution in [0.3, 0.4) is 0 Å². The van der Waals surface area contributed by atoms with Gasteiger partial charge in [0.15, 0.2) is 0 Å². The fraction of sp³-hybridized carbons (Fsp3) is 0.316. The topological polar surface area (TPSA) is 26.3 Å². The zero-order valence-corrected chi connectivity index (χ0v) is 13.2. The SMILES string of the molecule is Cc1ccc(COC(=O)Cc2ccc(C)c(C)c2)cc1C. The van der Waals surface area contributed by atoms with E-state index in [1.165, 1.54) is 22.3 Å². The lowest BCUT2D eigenvalue weighted by Gasteiger charge is -2.08. The van der Waals surface area contributed by atoms with Gasteiger partial charge in [0.2, 0.25) is 0 Å². The third-order valence-electron chi connectivity index (χ3n) is 3.89. The fourth-order valence-corrected chi connectivity index (χ4v) is 2.19. The molecule has 0 N–H and O–H groups in total. The molecule has 0 heterocycles. The quantitative estimate of drug-likeness (QED) is 0.785. The molecule has 21 heavy (non-hydrogen) atoms. The van der Waals surface area contributed by atoms with Crippen molar-refractivity contribution in [2.24, 2.45) is 0 Å². The molecule has 2 heteroatoms. The van der Waals surface area contributed by atoms with Crippen molar-refractivity contribution in [1.29, 1.82) is 0 Å². The fourth-order valence-electron chi connectivity index (χ4n) is 2.19. The summed E-state index contributed by atoms with van der Waals surface area (Å²) in [6.07, 6.45) is 0.325. The Kier molecular flexibility index (Phi) is 4.79. The monoisotopic (exact) mass is 282 g/mol. The average molecular weight is 282 g/mol. The molecule has 0 spiro atoms. The Balaban J connectivity index is 1.92. The van der Waals surface area contributed by atoms with E-state index in [0.717, 1.165) is 11.1 Å². The van der Waals surface area contributed by atoms with Gasteiger partial charge in [0.05, 0.1) is 6.42 Å². The molecule has 0 saturated carbocycles. The van der Waals surface area contributed by atoms with E-state index in [9.17, 15) is 4.79 Å². The van der Waals surface area contributed by atoms with E-state index in [4.69, 9.17) is 4.74 Å². The van der Waals surface area contributed by atoms with E-state index < -0.39 is 0 Å². The van der Waals surface area contributed by atoms with Crippen LogP contribution in [0.5, 0.6) is 0 Å². The second kappa shape index (κ2) is 6.57. The highest BCUT2D eigenvalue weighted by Crippen LogP contribution is 2.13. The van der Waals surface area contributed by atoms with Gasteiger partial charge in [0, 0.05) is 0 Å². The Hall–Kier alpha value is -2.09. The molecule has 0 aromatic heterocycles. The van der Waals surface area contributed by atoms with Gasteiger partial charge in [-0.15, -0.1) is 0 Å². The molecule has 0 bridgehead atoms. The van der Waals surface area contributed by atoms with Crippen LogP contribution in [-0.2, 0) is 22.6 Å². The van der Waals surface area contributed by atoms with Crippen molar-refractivity contribution in [3.63, 3.8) is 0 Å². The highest BCUT2D eigenvalue weighted by atomic mass is 16.5. The largest absolute Gasteiger partial charge is 0.461 e. The Morgan fingerprint density at radius 1 is 0.810 bits per heavy atom. The average Bonchev–Trinajstić information content (AvgIpc) is 2.44. The molecule has 0 amide bonds. The predicted octanol–water partition coefficient (Wildman–Crippen LogP) is 4.21. The normalized spacial score (nSPS) is 10.5. The van der Waals surface area contributed by atoms with Gasteiger partial charge in [-0.25, -0.2) is 0 Å². The molecule has 2 aromatic carbocycles. The molecule has 0 atom stereocenters. The number of ether oxygens (including phenoxy) is 1. The Morgan fingerprint density at radius 2 is 1.33 bits per heavy atom. The maximum atomic E-state index is 11.9. The van der Waals surface area contributed by atoms with E-state index in [1.54, 1.807) is 0 Å². The first kappa shape index (κ1) is 15.3. The Morgan fingerprint density at radius 3 is 1.90 bits per heavy atom. The van der Waals surface area contributed by atoms with Crippen LogP contribution in [0.1, 0.15) is 33.4 Å². The summed E-state index contributed by atoms with van der Waals surface area (Å²) in [4.78, 5) is 11.9. The van der Waals surface area contributed by atoms with E-state index in [-0.39, 0.29) is 5.97 Å². The molecule has 0 unspecified atom stereocenters. The summed E-state index contributed by atoms with van der Waals surface area (Å²) < 4.78 is 5.36. The summed E-state index contributed by atoms with van der Waals surface area (Å²) in [7, 11) is 0. The van der Waals surface area contributed by atoms with E-state index in [0.29, 0.717) is 13.0 Å². The smallest absolute Gasteiger partial charge is 0.310 e. The van der Waals surface area contributed by atoms with Crippen molar-refractivity contribution in [1.82, 2.24) is 0 Å². The van der Waals surface area contributed by atoms with Crippen LogP contribution in [-0.4, -0.2) is 5.97 Å². The minimum atomic E-state index is -0.184. The maximum Gasteiger partial charge on any atom is 0.310 e. The Labute approximate surface area is 126 Å². The lowest BCUT2D eigenvalue weighted by atomic mass is 10.0. The standard InChI is InChI=1S/C19H22O2/c1-13-5-7-17(9-15(13)3)11-19(20)21-12-18-8-6-14(2)16(4)10-18/h5-10H,11-12H2,1-4H3. The molecular weight excluding hydrogens is 260 g/mol. The zero-order chi connectivity index (χ0) is 15.4. The first-order chi connectivity index (χ1) is 9.95. The van der Waals surface area contributed by atoms with Crippen LogP contribution in [0, 0.1) is 27.7 Å². The highest BCUT2D eigenvalue weighted by molar-refractivity contribution is 5.72. The van der Waals surface area contributed by atoms with Gasteiger partial charge in [0.25, 0.3) is 0 Å². The molecule has 2 rings (SSSR count). The predicted molar refractivity (Wildman–Crippen MR) is 85.3 cm³/mol. The van der Waals surface area contributed by atoms with Gasteiger partial charge in [0.1, 0.15) is 6.61 Å². The van der Waals surface area contributed by atoms with Crippen molar-refractivity contribution in [2.45, 2.75) is 40.7 Å². The first-order valence-electron chi connectivity index (χ1n) is 7.23. The van der Waals surface area contributed by atoms with Crippen LogP contribution in [0.15, 0.2) is 36.4 Å². The lowest BCUT2D eigenvalue weighted by Crippen LogP contribution is -2.08. The molecule has 0 aliphatic carbocycles. The van der Waals surface area contributed by atoms with Gasteiger partial charge in [-0.1, -0.05) is 36.4 Å². The number of hydrogen-bond acceptors (Lipinski definition) is 2. The number of rotatable bonds is 4. The first-order valence-corrected chi connectivity index (χ1v) is 7.23. The molecular formula is C19H22O2. The minimum absolute atomic E-state index is 0.184. The molecule has 0 aliphatic heterocycles. The number of benzene rings is 2. The third kappa shape index (κ3) is 4.19. The summed E-state index contributed by atoms with van der Waals surface area (Å²) in [5, 5.41) is 0. The van der Waals surface area contributed by atoms with Crippen LogP contribution >= 0.6 is 0 Å². The highest BCUT2D eigenvalue weighted by Gasteiger charge is 2.07. The minimum Gasteiger partial charge on any atom is -0.461 e. The van der Waals surface area contributed by atoms with E-state index in [1.807, 2.05) is 24.3 Å². The lowest BCUT2D eigenvalue weighted by molar-refractivity contribution is -0.144. The summed E-state index contributed by atoms with van der Waals surface area (Å²) in [5.41, 5.74) is 6.95. The summed E-state index contributed by atoms with van der Waals surface area (Å²) in [6.45, 7) is 8.60. The van der Waals surface area contributed by atoms with Crippen molar-refractivity contribution < 1.29 is 9.53 Å². The van der Waals surface area contributed by atoms with Gasteiger partial charge in [-0.3, -0.25) is 4.79 Å². The molecule has 0 fully saturated rings. The van der Waals surface area contributed by atoms with Crippen molar-refractivity contribution in [2.75, 3.05) is 0 Å². The van der Waals surface area contributed by atoms with Crippen LogP contribution in [0.4, 0.5) is 0 Å². The summed E-state index contributed by atoms with van der Waals surface area (Å²) in [6, 6.07) is 12.2. The van der Waals surface area contributed by atoms with Gasteiger partial charge < -0.3 is 4.74 Å². The molecule has 2 nitrogen and oxygen atoms in total. The van der Waals surface area contributed by atoms with Crippen LogP contribution < -0.4 is 0 Å². The van der Waals surface area contributed by atoms with Gasteiger partial charge >= 0.3 is 5.97 Å². The van der Waals surface area contributed by atoms with E-state index >= 15 is 0 Å². The third-order valence-corrected chi connectivity index (χ3v) is 3.89. The van der Waals surface area contributed by atoms with Crippen molar-refractivity contribution in [3.05, 3.63) is 69.8 Å². The summed E-state index contributed by atoms with van der Waals surface area (Å²) in [5.74, 6) is -0.184. The van der Waals surface area contributed by atoms with Crippen LogP contribution in [0.2, 0.25) is 0 Å². The number of hydrogen-bond donors (Lipinski definition) is 0. The molecule has 0 radical (unpaired) electrons. The van der Waals surface area contributed by atoms with E-state index in [2.05, 4.69) is 39.8 Å². The molecule has 0 saturated heterocycles. The Bertz CT molecular complexity index is 657. The van der Waals surface area contributed by atoms with Crippen molar-refractivity contribution in [3.8, 4) is 0 Å². The maximum absolute atomic E-state index is 11.9. The second-order valence-electron chi connectivity index (χ2n) is 5.67. The molecule has 2 aromatic rings. The van der Waals surface area contributed by atoms with Gasteiger partial charge in [-0.05, 0) is 61.1 Å². The second-order valence-corrected chi connectivity index (χ2v) is 5.67. The number of esters is 1. The molecule has 0 aliphatic rings. The number of carbonyl (C=O) groups is 1. The van der Waals surface area contributed by atoms with Crippen LogP contribution in [0.25, 0.3) is 0 Å². The zero-order valence-electron chi connectivity index (χ0n) is 13.2. The van der Waals surface area contributed by atoms with Crippen molar-refractivity contribution >= 4 is 5.97 Å². The summed E-state index contributed by atoms with van der Waals surface area (Å²) >= 11 is 0.